The molecule has 0 radical (unpaired) electrons. The highest BCUT2D eigenvalue weighted by Gasteiger charge is 2.24. The van der Waals surface area contributed by atoms with Crippen LogP contribution in [0.5, 0.6) is 0 Å². The van der Waals surface area contributed by atoms with Crippen LogP contribution in [0.25, 0.3) is 0 Å². The van der Waals surface area contributed by atoms with Gasteiger partial charge in [-0.25, -0.2) is 14.4 Å². The Balaban J connectivity index is -0.0000000966. The van der Waals surface area contributed by atoms with Crippen molar-refractivity contribution < 1.29 is 45.0 Å². The van der Waals surface area contributed by atoms with E-state index in [0.717, 1.165) is 0 Å². The first kappa shape index (κ1) is 39.2. The molecule has 0 saturated heterocycles. The van der Waals surface area contributed by atoms with Gasteiger partial charge in [0.2, 0.25) is 0 Å². The van der Waals surface area contributed by atoms with Crippen molar-refractivity contribution in [2.24, 2.45) is 5.41 Å². The number of aliphatic hydroxyl groups excluding tert-OH is 3. The minimum absolute atomic E-state index is 0.156. The van der Waals surface area contributed by atoms with Crippen molar-refractivity contribution in [3.05, 3.63) is 48.6 Å². The van der Waals surface area contributed by atoms with E-state index in [1.54, 1.807) is 6.92 Å². The van der Waals surface area contributed by atoms with Crippen molar-refractivity contribution in [1.29, 1.82) is 5.26 Å². The van der Waals surface area contributed by atoms with Gasteiger partial charge in [0.05, 0.1) is 25.9 Å². The number of aliphatic carboxylic acids is 3. The normalized spacial score (nSPS) is 8.47. The molecule has 6 N–H and O–H groups in total. The van der Waals surface area contributed by atoms with E-state index in [2.05, 4.69) is 26.3 Å². The maximum Gasteiger partial charge on any atom is 0.330 e. The van der Waals surface area contributed by atoms with Gasteiger partial charge in [-0.3, -0.25) is 0 Å². The van der Waals surface area contributed by atoms with Gasteiger partial charge in [-0.15, -0.1) is 0 Å². The van der Waals surface area contributed by atoms with Gasteiger partial charge >= 0.3 is 17.9 Å². The van der Waals surface area contributed by atoms with Gasteiger partial charge in [-0.05, 0) is 34.1 Å². The van der Waals surface area contributed by atoms with Crippen LogP contribution in [0.1, 0.15) is 41.0 Å². The Morgan fingerprint density at radius 1 is 0.719 bits per heavy atom. The third-order valence-electron chi connectivity index (χ3n) is 3.04. The second-order valence-electron chi connectivity index (χ2n) is 6.48. The molecular formula is C22H37NO9. The van der Waals surface area contributed by atoms with Crippen molar-refractivity contribution in [1.82, 2.24) is 0 Å². The molecule has 0 rings (SSSR count). The van der Waals surface area contributed by atoms with Crippen molar-refractivity contribution in [2.45, 2.75) is 41.0 Å². The zero-order valence-electron chi connectivity index (χ0n) is 19.5. The molecule has 0 atom stereocenters. The number of carbonyl (C=O) groups is 3. The summed E-state index contributed by atoms with van der Waals surface area (Å²) in [5.41, 5.74) is 0.421. The van der Waals surface area contributed by atoms with Crippen LogP contribution in [0.4, 0.5) is 0 Å². The molecule has 0 fully saturated rings. The van der Waals surface area contributed by atoms with E-state index in [1.165, 1.54) is 20.8 Å². The van der Waals surface area contributed by atoms with Crippen LogP contribution in [-0.4, -0.2) is 68.4 Å². The number of aliphatic hydroxyl groups is 3. The zero-order valence-corrected chi connectivity index (χ0v) is 19.5. The third-order valence-corrected chi connectivity index (χ3v) is 3.04. The van der Waals surface area contributed by atoms with Crippen LogP contribution >= 0.6 is 0 Å². The summed E-state index contributed by atoms with van der Waals surface area (Å²) in [6.45, 7) is 20.1. The summed E-state index contributed by atoms with van der Waals surface area (Å²) in [5, 5.41) is 57.4. The number of carboxylic acid groups (broad SMARTS) is 3. The summed E-state index contributed by atoms with van der Waals surface area (Å²) in [6, 6.07) is 1.83. The highest BCUT2D eigenvalue weighted by atomic mass is 16.4. The van der Waals surface area contributed by atoms with Crippen LogP contribution in [0.3, 0.4) is 0 Å². The first-order valence-corrected chi connectivity index (χ1v) is 8.99. The number of hydrogen-bond acceptors (Lipinski definition) is 7. The maximum atomic E-state index is 9.60. The van der Waals surface area contributed by atoms with E-state index in [0.29, 0.717) is 12.0 Å². The molecule has 32 heavy (non-hydrogen) atoms. The van der Waals surface area contributed by atoms with Crippen LogP contribution in [0.15, 0.2) is 48.6 Å². The summed E-state index contributed by atoms with van der Waals surface area (Å²) in [6.07, 6.45) is 0.594. The quantitative estimate of drug-likeness (QED) is 0.243. The lowest BCUT2D eigenvalue weighted by Crippen LogP contribution is -2.32. The first-order valence-electron chi connectivity index (χ1n) is 8.99. The Kier molecular flexibility index (Phi) is 29.4. The smallest absolute Gasteiger partial charge is 0.330 e. The number of carboxylic acids is 3. The predicted molar refractivity (Wildman–Crippen MR) is 122 cm³/mol. The fraction of sp³-hybridized carbons (Fsp3) is 0.455. The van der Waals surface area contributed by atoms with Crippen LogP contribution in [0, 0.1) is 16.7 Å². The lowest BCUT2D eigenvalue weighted by molar-refractivity contribution is -0.133. The summed E-state index contributed by atoms with van der Waals surface area (Å²) >= 11 is 0. The van der Waals surface area contributed by atoms with E-state index < -0.39 is 23.3 Å². The second-order valence-corrected chi connectivity index (χ2v) is 6.48. The Morgan fingerprint density at radius 3 is 0.875 bits per heavy atom. The molecule has 0 saturated carbocycles. The van der Waals surface area contributed by atoms with Gasteiger partial charge in [0, 0.05) is 27.7 Å². The third kappa shape index (κ3) is 34.3. The molecule has 0 aromatic carbocycles. The zero-order chi connectivity index (χ0) is 27.1. The van der Waals surface area contributed by atoms with E-state index in [1.807, 2.05) is 13.0 Å². The lowest BCUT2D eigenvalue weighted by atomic mass is 9.88. The Labute approximate surface area is 189 Å². The molecular weight excluding hydrogens is 422 g/mol. The Morgan fingerprint density at radius 2 is 0.875 bits per heavy atom. The van der Waals surface area contributed by atoms with Crippen molar-refractivity contribution in [3.63, 3.8) is 0 Å². The molecule has 0 aromatic heterocycles. The maximum absolute atomic E-state index is 9.60. The molecule has 10 nitrogen and oxygen atoms in total. The molecule has 0 amide bonds. The molecule has 0 bridgehead atoms. The first-order chi connectivity index (χ1) is 14.4. The molecule has 10 heteroatoms. The highest BCUT2D eigenvalue weighted by Crippen LogP contribution is 2.18. The number of rotatable bonds is 7. The molecule has 0 aromatic rings. The van der Waals surface area contributed by atoms with Gasteiger partial charge in [0.15, 0.2) is 0 Å². The summed E-state index contributed by atoms with van der Waals surface area (Å²) in [7, 11) is 0. The van der Waals surface area contributed by atoms with E-state index in [-0.39, 0.29) is 36.5 Å². The molecule has 0 unspecified atom stereocenters. The standard InChI is InChI=1S/C6H14O3.C4H5N.3C4H6O2/c1-2-6(3-7,4-8)5-9;1-4(2)3-5;3*1-3(2)4(5)6/h7-9H,2-5H2,1H3;1H2,2H3;3*1H2,2H3,(H,5,6). The molecule has 184 valence electrons. The fourth-order valence-electron chi connectivity index (χ4n) is 0.485. The Hall–Kier alpha value is -3.26. The van der Waals surface area contributed by atoms with E-state index in [4.69, 9.17) is 35.9 Å². The average molecular weight is 460 g/mol. The van der Waals surface area contributed by atoms with Gasteiger partial charge in [-0.2, -0.15) is 5.26 Å². The van der Waals surface area contributed by atoms with Crippen molar-refractivity contribution >= 4 is 17.9 Å². The number of nitrogens with zero attached hydrogens (tertiary/aromatic N) is 1. The van der Waals surface area contributed by atoms with Gasteiger partial charge in [0.25, 0.3) is 0 Å². The van der Waals surface area contributed by atoms with Crippen LogP contribution < -0.4 is 0 Å². The SMILES string of the molecule is C=C(C)C#N.C=C(C)C(=O)O.C=C(C)C(=O)O.C=C(C)C(=O)O.CCC(CO)(CO)CO. The van der Waals surface area contributed by atoms with Gasteiger partial charge < -0.3 is 30.6 Å². The minimum Gasteiger partial charge on any atom is -0.478 e. The van der Waals surface area contributed by atoms with E-state index >= 15 is 0 Å². The van der Waals surface area contributed by atoms with Crippen molar-refractivity contribution in [2.75, 3.05) is 19.8 Å². The van der Waals surface area contributed by atoms with E-state index in [9.17, 15) is 14.4 Å². The largest absolute Gasteiger partial charge is 0.478 e. The molecule has 0 aliphatic rings. The molecule has 0 aliphatic carbocycles. The number of nitriles is 1. The van der Waals surface area contributed by atoms with Gasteiger partial charge in [0.1, 0.15) is 0 Å². The van der Waals surface area contributed by atoms with Crippen LogP contribution in [-0.2, 0) is 14.4 Å². The topological polar surface area (TPSA) is 196 Å². The number of hydrogen-bond donors (Lipinski definition) is 6. The Bertz CT molecular complexity index is 559. The minimum atomic E-state index is -0.935. The van der Waals surface area contributed by atoms with Crippen LogP contribution in [0.2, 0.25) is 0 Å². The summed E-state index contributed by atoms with van der Waals surface area (Å²) in [4.78, 5) is 28.8. The fourth-order valence-corrected chi connectivity index (χ4v) is 0.485. The molecule has 0 spiro atoms. The summed E-state index contributed by atoms with van der Waals surface area (Å²) < 4.78 is 0. The average Bonchev–Trinajstić information content (AvgIpc) is 2.71. The lowest BCUT2D eigenvalue weighted by Gasteiger charge is -2.24. The number of allylic oxidation sites excluding steroid dienone is 1. The van der Waals surface area contributed by atoms with Gasteiger partial charge in [-0.1, -0.05) is 33.2 Å². The van der Waals surface area contributed by atoms with Crippen molar-refractivity contribution in [3.8, 4) is 6.07 Å². The second kappa shape index (κ2) is 24.0. The highest BCUT2D eigenvalue weighted by molar-refractivity contribution is 5.85. The summed E-state index contributed by atoms with van der Waals surface area (Å²) in [5.74, 6) is -2.81. The predicted octanol–water partition coefficient (Wildman–Crippen LogP) is 2.39. The molecule has 0 aliphatic heterocycles. The molecule has 0 heterocycles. The monoisotopic (exact) mass is 459 g/mol.